The zero-order valence-electron chi connectivity index (χ0n) is 14.7. The second-order valence-corrected chi connectivity index (χ2v) is 8.88. The lowest BCUT2D eigenvalue weighted by atomic mass is 10.1. The highest BCUT2D eigenvalue weighted by Crippen LogP contribution is 2.37. The fraction of sp³-hybridized carbons (Fsp3) is 0.0556. The number of thiophene rings is 1. The van der Waals surface area contributed by atoms with E-state index in [9.17, 15) is 26.7 Å². The van der Waals surface area contributed by atoms with E-state index in [2.05, 4.69) is 26.0 Å². The zero-order chi connectivity index (χ0) is 21.9. The SMILES string of the molecule is O=C(Nc1cccc(OC(F)(F)F)c1)c1ccccc1N(c1ccc(Br)s1)S(=O)[O-]. The van der Waals surface area contributed by atoms with Gasteiger partial charge in [0.05, 0.1) is 26.3 Å². The maximum Gasteiger partial charge on any atom is 0.573 e. The molecule has 3 aromatic rings. The van der Waals surface area contributed by atoms with Crippen molar-refractivity contribution in [3.05, 3.63) is 70.0 Å². The van der Waals surface area contributed by atoms with E-state index in [1.54, 1.807) is 18.2 Å². The van der Waals surface area contributed by atoms with Gasteiger partial charge in [-0.25, -0.2) is 0 Å². The molecule has 0 spiro atoms. The van der Waals surface area contributed by atoms with Crippen LogP contribution in [0.15, 0.2) is 64.5 Å². The van der Waals surface area contributed by atoms with Crippen LogP contribution in [0.5, 0.6) is 5.75 Å². The second kappa shape index (κ2) is 9.16. The van der Waals surface area contributed by atoms with Gasteiger partial charge < -0.3 is 14.6 Å². The van der Waals surface area contributed by atoms with Crippen LogP contribution in [0.25, 0.3) is 0 Å². The quantitative estimate of drug-likeness (QED) is 0.430. The Morgan fingerprint density at radius 3 is 2.50 bits per heavy atom. The number of benzene rings is 2. The average molecular weight is 520 g/mol. The number of alkyl halides is 3. The van der Waals surface area contributed by atoms with Crippen LogP contribution in [0.3, 0.4) is 0 Å². The molecule has 0 saturated heterocycles. The van der Waals surface area contributed by atoms with Crippen LogP contribution in [0.2, 0.25) is 0 Å². The lowest BCUT2D eigenvalue weighted by Gasteiger charge is -2.26. The lowest BCUT2D eigenvalue weighted by Crippen LogP contribution is -2.23. The molecular formula is C18H11BrF3N2O4S2-. The summed E-state index contributed by atoms with van der Waals surface area (Å²) >= 11 is 1.67. The Bertz CT molecular complexity index is 1090. The number of carbonyl (C=O) groups is 1. The molecule has 2 aromatic carbocycles. The third kappa shape index (κ3) is 5.59. The van der Waals surface area contributed by atoms with Gasteiger partial charge in [-0.05, 0) is 52.3 Å². The van der Waals surface area contributed by atoms with E-state index < -0.39 is 29.3 Å². The molecule has 1 heterocycles. The Kier molecular flexibility index (Phi) is 6.81. The molecule has 1 N–H and O–H groups in total. The molecule has 1 atom stereocenters. The first-order chi connectivity index (χ1) is 14.1. The van der Waals surface area contributed by atoms with Gasteiger partial charge in [-0.3, -0.25) is 13.3 Å². The molecule has 0 radical (unpaired) electrons. The summed E-state index contributed by atoms with van der Waals surface area (Å²) in [5.74, 6) is -1.21. The van der Waals surface area contributed by atoms with Gasteiger partial charge in [0, 0.05) is 11.8 Å². The molecular weight excluding hydrogens is 509 g/mol. The molecule has 0 bridgehead atoms. The first kappa shape index (κ1) is 22.3. The van der Waals surface area contributed by atoms with E-state index >= 15 is 0 Å². The fourth-order valence-corrected chi connectivity index (χ4v) is 4.60. The van der Waals surface area contributed by atoms with Crippen molar-refractivity contribution in [2.45, 2.75) is 6.36 Å². The summed E-state index contributed by atoms with van der Waals surface area (Å²) in [5, 5.41) is 2.80. The van der Waals surface area contributed by atoms with E-state index in [0.29, 0.717) is 8.79 Å². The minimum Gasteiger partial charge on any atom is -0.755 e. The van der Waals surface area contributed by atoms with Crippen LogP contribution in [0, 0.1) is 0 Å². The summed E-state index contributed by atoms with van der Waals surface area (Å²) in [6.07, 6.45) is -4.87. The maximum absolute atomic E-state index is 12.8. The van der Waals surface area contributed by atoms with Gasteiger partial charge in [0.25, 0.3) is 5.91 Å². The standard InChI is InChI=1S/C18H12BrF3N2O4S2/c19-15-8-9-16(29-15)24(30(26)27)14-7-2-1-6-13(14)17(25)23-11-4-3-5-12(10-11)28-18(20,21)22/h1-10H,(H,23,25)(H,26,27)/p-1. The topological polar surface area (TPSA) is 81.7 Å². The number of hydrogen-bond acceptors (Lipinski definition) is 5. The van der Waals surface area contributed by atoms with E-state index in [1.807, 2.05) is 0 Å². The maximum atomic E-state index is 12.8. The summed E-state index contributed by atoms with van der Waals surface area (Å²) in [6, 6.07) is 13.9. The van der Waals surface area contributed by atoms with E-state index in [4.69, 9.17) is 0 Å². The summed E-state index contributed by atoms with van der Waals surface area (Å²) in [7, 11) is 0. The summed E-state index contributed by atoms with van der Waals surface area (Å²) < 4.78 is 66.5. The van der Waals surface area contributed by atoms with Crippen molar-refractivity contribution in [1.82, 2.24) is 0 Å². The van der Waals surface area contributed by atoms with Crippen molar-refractivity contribution in [3.63, 3.8) is 0 Å². The van der Waals surface area contributed by atoms with Gasteiger partial charge in [-0.15, -0.1) is 24.5 Å². The van der Waals surface area contributed by atoms with Gasteiger partial charge in [-0.1, -0.05) is 18.2 Å². The highest BCUT2D eigenvalue weighted by atomic mass is 79.9. The Morgan fingerprint density at radius 1 is 1.13 bits per heavy atom. The Labute approximate surface area is 183 Å². The monoisotopic (exact) mass is 519 g/mol. The molecule has 1 aromatic heterocycles. The largest absolute Gasteiger partial charge is 0.755 e. The molecule has 0 aliphatic heterocycles. The smallest absolute Gasteiger partial charge is 0.573 e. The van der Waals surface area contributed by atoms with Crippen molar-refractivity contribution in [2.75, 3.05) is 9.62 Å². The third-order valence-electron chi connectivity index (χ3n) is 3.60. The first-order valence-corrected chi connectivity index (χ1v) is 10.7. The fourth-order valence-electron chi connectivity index (χ4n) is 2.50. The van der Waals surface area contributed by atoms with Gasteiger partial charge in [0.15, 0.2) is 0 Å². The zero-order valence-corrected chi connectivity index (χ0v) is 17.9. The second-order valence-electron chi connectivity index (χ2n) is 5.64. The predicted octanol–water partition coefficient (Wildman–Crippen LogP) is 5.59. The highest BCUT2D eigenvalue weighted by Gasteiger charge is 2.31. The normalized spacial score (nSPS) is 12.3. The first-order valence-electron chi connectivity index (χ1n) is 8.05. The summed E-state index contributed by atoms with van der Waals surface area (Å²) in [4.78, 5) is 12.8. The van der Waals surface area contributed by atoms with Crippen LogP contribution in [-0.2, 0) is 11.3 Å². The molecule has 1 amide bonds. The van der Waals surface area contributed by atoms with Crippen LogP contribution in [0.1, 0.15) is 10.4 Å². The van der Waals surface area contributed by atoms with Crippen molar-refractivity contribution in [2.24, 2.45) is 0 Å². The molecule has 3 rings (SSSR count). The van der Waals surface area contributed by atoms with E-state index in [0.717, 1.165) is 27.8 Å². The van der Waals surface area contributed by atoms with Crippen LogP contribution >= 0.6 is 27.3 Å². The molecule has 0 aliphatic rings. The van der Waals surface area contributed by atoms with E-state index in [-0.39, 0.29) is 16.9 Å². The minimum atomic E-state index is -4.87. The minimum absolute atomic E-state index is 0.00775. The number of ether oxygens (including phenoxy) is 1. The Balaban J connectivity index is 1.91. The molecule has 6 nitrogen and oxygen atoms in total. The molecule has 12 heteroatoms. The number of anilines is 3. The Morgan fingerprint density at radius 2 is 1.87 bits per heavy atom. The summed E-state index contributed by atoms with van der Waals surface area (Å²) in [6.45, 7) is 0. The molecule has 30 heavy (non-hydrogen) atoms. The number of carbonyl (C=O) groups excluding carboxylic acids is 1. The van der Waals surface area contributed by atoms with Crippen LogP contribution < -0.4 is 14.4 Å². The highest BCUT2D eigenvalue weighted by molar-refractivity contribution is 9.11. The van der Waals surface area contributed by atoms with Crippen LogP contribution in [-0.4, -0.2) is 21.0 Å². The average Bonchev–Trinajstić information content (AvgIpc) is 3.06. The van der Waals surface area contributed by atoms with Crippen molar-refractivity contribution >= 4 is 60.8 Å². The van der Waals surface area contributed by atoms with Crippen molar-refractivity contribution in [3.8, 4) is 5.75 Å². The molecule has 158 valence electrons. The number of amides is 1. The molecule has 0 aliphatic carbocycles. The third-order valence-corrected chi connectivity index (χ3v) is 6.02. The molecule has 0 fully saturated rings. The van der Waals surface area contributed by atoms with Crippen molar-refractivity contribution in [1.29, 1.82) is 0 Å². The summed E-state index contributed by atoms with van der Waals surface area (Å²) in [5.41, 5.74) is 0.138. The van der Waals surface area contributed by atoms with Gasteiger partial charge in [0.2, 0.25) is 0 Å². The lowest BCUT2D eigenvalue weighted by molar-refractivity contribution is -0.274. The number of rotatable bonds is 6. The number of nitrogens with one attached hydrogen (secondary N) is 1. The number of nitrogens with zero attached hydrogens (tertiary/aromatic N) is 1. The van der Waals surface area contributed by atoms with Gasteiger partial charge in [0.1, 0.15) is 10.8 Å². The number of para-hydroxylation sites is 1. The predicted molar refractivity (Wildman–Crippen MR) is 111 cm³/mol. The number of halogens is 4. The van der Waals surface area contributed by atoms with Gasteiger partial charge >= 0.3 is 6.36 Å². The van der Waals surface area contributed by atoms with Crippen molar-refractivity contribution < 1.29 is 31.5 Å². The molecule has 1 unspecified atom stereocenters. The molecule has 0 saturated carbocycles. The Hall–Kier alpha value is -2.41. The number of hydrogen-bond donors (Lipinski definition) is 1. The van der Waals surface area contributed by atoms with E-state index in [1.165, 1.54) is 30.3 Å². The van der Waals surface area contributed by atoms with Gasteiger partial charge in [-0.2, -0.15) is 0 Å². The van der Waals surface area contributed by atoms with Crippen LogP contribution in [0.4, 0.5) is 29.5 Å².